The van der Waals surface area contributed by atoms with Gasteiger partial charge in [-0.1, -0.05) is 13.8 Å². The molecular weight excluding hydrogens is 300 g/mol. The lowest BCUT2D eigenvalue weighted by molar-refractivity contribution is 0.0923. The molecule has 1 atom stereocenters. The zero-order chi connectivity index (χ0) is 16.3. The van der Waals surface area contributed by atoms with Crippen LogP contribution in [-0.4, -0.2) is 28.6 Å². The number of aliphatic hydroxyl groups excluding tert-OH is 1. The van der Waals surface area contributed by atoms with E-state index in [2.05, 4.69) is 10.3 Å². The van der Waals surface area contributed by atoms with Crippen LogP contribution in [0.4, 0.5) is 0 Å². The van der Waals surface area contributed by atoms with Crippen LogP contribution in [0.15, 0.2) is 16.5 Å². The number of nitrogens with zero attached hydrogens (tertiary/aromatic N) is 1. The Morgan fingerprint density at radius 3 is 2.73 bits per heavy atom. The minimum atomic E-state index is -0.399. The van der Waals surface area contributed by atoms with Gasteiger partial charge in [-0.15, -0.1) is 11.3 Å². The maximum Gasteiger partial charge on any atom is 0.263 e. The third kappa shape index (κ3) is 3.96. The second kappa shape index (κ2) is 7.07. The number of rotatable bonds is 6. The molecule has 0 fully saturated rings. The second-order valence-electron chi connectivity index (χ2n) is 5.70. The Labute approximate surface area is 134 Å². The summed E-state index contributed by atoms with van der Waals surface area (Å²) < 4.78 is 5.54. The van der Waals surface area contributed by atoms with Gasteiger partial charge in [-0.05, 0) is 38.3 Å². The van der Waals surface area contributed by atoms with Gasteiger partial charge in [0.25, 0.3) is 5.91 Å². The largest absolute Gasteiger partial charge is 0.459 e. The monoisotopic (exact) mass is 322 g/mol. The molecule has 2 N–H and O–H groups in total. The first-order valence-electron chi connectivity index (χ1n) is 7.39. The molecule has 5 nitrogen and oxygen atoms in total. The van der Waals surface area contributed by atoms with Crippen LogP contribution in [0.5, 0.6) is 0 Å². The molecule has 0 bridgehead atoms. The number of hydrogen-bond acceptors (Lipinski definition) is 5. The average molecular weight is 322 g/mol. The van der Waals surface area contributed by atoms with E-state index in [0.29, 0.717) is 34.3 Å². The highest BCUT2D eigenvalue weighted by molar-refractivity contribution is 7.17. The molecular formula is C16H22N2O3S. The molecule has 0 aliphatic carbocycles. The first-order chi connectivity index (χ1) is 10.4. The Morgan fingerprint density at radius 1 is 1.41 bits per heavy atom. The van der Waals surface area contributed by atoms with Crippen LogP contribution in [0.25, 0.3) is 10.8 Å². The standard InChI is InChI=1S/C16H22N2O3S/c1-9(2)12(19)7-8-17-15(20)14-11(4)18-16(22-14)13-6-5-10(3)21-13/h5-6,9,12,19H,7-8H2,1-4H3,(H,17,20). The molecule has 6 heteroatoms. The number of aromatic nitrogens is 1. The van der Waals surface area contributed by atoms with Crippen molar-refractivity contribution in [3.63, 3.8) is 0 Å². The molecule has 2 rings (SSSR count). The fraction of sp³-hybridized carbons (Fsp3) is 0.500. The smallest absolute Gasteiger partial charge is 0.263 e. The summed E-state index contributed by atoms with van der Waals surface area (Å²) in [6.45, 7) is 8.05. The normalized spacial score (nSPS) is 12.6. The van der Waals surface area contributed by atoms with E-state index in [9.17, 15) is 9.90 Å². The van der Waals surface area contributed by atoms with Crippen LogP contribution in [0.1, 0.15) is 41.4 Å². The highest BCUT2D eigenvalue weighted by Crippen LogP contribution is 2.29. The molecule has 0 radical (unpaired) electrons. The summed E-state index contributed by atoms with van der Waals surface area (Å²) >= 11 is 1.32. The Kier molecular flexibility index (Phi) is 5.37. The van der Waals surface area contributed by atoms with Crippen LogP contribution < -0.4 is 5.32 Å². The Balaban J connectivity index is 2.00. The highest BCUT2D eigenvalue weighted by Gasteiger charge is 2.18. The van der Waals surface area contributed by atoms with Gasteiger partial charge >= 0.3 is 0 Å². The van der Waals surface area contributed by atoms with Crippen LogP contribution in [0, 0.1) is 19.8 Å². The van der Waals surface area contributed by atoms with E-state index in [4.69, 9.17) is 4.42 Å². The van der Waals surface area contributed by atoms with E-state index in [1.165, 1.54) is 11.3 Å². The predicted octanol–water partition coefficient (Wildman–Crippen LogP) is 3.16. The van der Waals surface area contributed by atoms with Crippen molar-refractivity contribution in [2.24, 2.45) is 5.92 Å². The van der Waals surface area contributed by atoms with Crippen molar-refractivity contribution < 1.29 is 14.3 Å². The molecule has 0 saturated heterocycles. The van der Waals surface area contributed by atoms with Gasteiger partial charge in [-0.3, -0.25) is 4.79 Å². The number of carbonyl (C=O) groups is 1. The summed E-state index contributed by atoms with van der Waals surface area (Å²) in [4.78, 5) is 17.2. The number of thiazole rings is 1. The van der Waals surface area contributed by atoms with Crippen LogP contribution in [0.3, 0.4) is 0 Å². The number of furan rings is 1. The number of hydrogen-bond donors (Lipinski definition) is 2. The molecule has 22 heavy (non-hydrogen) atoms. The van der Waals surface area contributed by atoms with Gasteiger partial charge in [0.05, 0.1) is 11.8 Å². The summed E-state index contributed by atoms with van der Waals surface area (Å²) in [6.07, 6.45) is 0.149. The van der Waals surface area contributed by atoms with Crippen LogP contribution in [-0.2, 0) is 0 Å². The summed E-state index contributed by atoms with van der Waals surface area (Å²) in [5.41, 5.74) is 0.691. The van der Waals surface area contributed by atoms with Crippen LogP contribution in [0.2, 0.25) is 0 Å². The van der Waals surface area contributed by atoms with E-state index in [1.54, 1.807) is 0 Å². The van der Waals surface area contributed by atoms with Crippen molar-refractivity contribution >= 4 is 17.2 Å². The molecule has 2 aromatic heterocycles. The SMILES string of the molecule is Cc1ccc(-c2nc(C)c(C(=O)NCCC(O)C(C)C)s2)o1. The number of aryl methyl sites for hydroxylation is 2. The van der Waals surface area contributed by atoms with Crippen molar-refractivity contribution in [2.75, 3.05) is 6.54 Å². The summed E-state index contributed by atoms with van der Waals surface area (Å²) in [7, 11) is 0. The maximum absolute atomic E-state index is 12.2. The van der Waals surface area contributed by atoms with E-state index < -0.39 is 6.10 Å². The summed E-state index contributed by atoms with van der Waals surface area (Å²) in [6, 6.07) is 3.73. The minimum absolute atomic E-state index is 0.152. The quantitative estimate of drug-likeness (QED) is 0.856. The molecule has 0 aliphatic heterocycles. The van der Waals surface area contributed by atoms with E-state index in [-0.39, 0.29) is 11.8 Å². The number of nitrogens with one attached hydrogen (secondary N) is 1. The van der Waals surface area contributed by atoms with Crippen molar-refractivity contribution in [3.8, 4) is 10.8 Å². The third-order valence-corrected chi connectivity index (χ3v) is 4.62. The van der Waals surface area contributed by atoms with Gasteiger partial charge in [-0.2, -0.15) is 0 Å². The maximum atomic E-state index is 12.2. The van der Waals surface area contributed by atoms with E-state index >= 15 is 0 Å². The van der Waals surface area contributed by atoms with Gasteiger partial charge in [0, 0.05) is 6.54 Å². The minimum Gasteiger partial charge on any atom is -0.459 e. The van der Waals surface area contributed by atoms with Crippen molar-refractivity contribution in [1.82, 2.24) is 10.3 Å². The van der Waals surface area contributed by atoms with Gasteiger partial charge in [0.1, 0.15) is 10.6 Å². The third-order valence-electron chi connectivity index (χ3n) is 3.45. The first-order valence-corrected chi connectivity index (χ1v) is 8.20. The topological polar surface area (TPSA) is 75.4 Å². The van der Waals surface area contributed by atoms with E-state index in [0.717, 1.165) is 5.76 Å². The lowest BCUT2D eigenvalue weighted by atomic mass is 10.0. The zero-order valence-corrected chi connectivity index (χ0v) is 14.2. The summed E-state index contributed by atoms with van der Waals surface area (Å²) in [5, 5.41) is 13.3. The molecule has 0 aromatic carbocycles. The fourth-order valence-electron chi connectivity index (χ4n) is 2.01. The Hall–Kier alpha value is -1.66. The van der Waals surface area contributed by atoms with Gasteiger partial charge in [0.15, 0.2) is 10.8 Å². The number of amides is 1. The Bertz CT molecular complexity index is 646. The van der Waals surface area contributed by atoms with Gasteiger partial charge in [-0.25, -0.2) is 4.98 Å². The molecule has 1 unspecified atom stereocenters. The lowest BCUT2D eigenvalue weighted by Gasteiger charge is -2.14. The van der Waals surface area contributed by atoms with Crippen LogP contribution >= 0.6 is 11.3 Å². The lowest BCUT2D eigenvalue weighted by Crippen LogP contribution is -2.28. The first kappa shape index (κ1) is 16.7. The van der Waals surface area contributed by atoms with E-state index in [1.807, 2.05) is 39.8 Å². The highest BCUT2D eigenvalue weighted by atomic mass is 32.1. The average Bonchev–Trinajstić information content (AvgIpc) is 3.04. The van der Waals surface area contributed by atoms with Gasteiger partial charge in [0.2, 0.25) is 0 Å². The van der Waals surface area contributed by atoms with Crippen molar-refractivity contribution in [2.45, 2.75) is 40.2 Å². The van der Waals surface area contributed by atoms with Gasteiger partial charge < -0.3 is 14.8 Å². The molecule has 0 aliphatic rings. The Morgan fingerprint density at radius 2 is 2.14 bits per heavy atom. The van der Waals surface area contributed by atoms with Crippen molar-refractivity contribution in [1.29, 1.82) is 0 Å². The fourth-order valence-corrected chi connectivity index (χ4v) is 2.95. The second-order valence-corrected chi connectivity index (χ2v) is 6.70. The molecule has 1 amide bonds. The zero-order valence-electron chi connectivity index (χ0n) is 13.3. The summed E-state index contributed by atoms with van der Waals surface area (Å²) in [5.74, 6) is 1.53. The van der Waals surface area contributed by atoms with Crippen molar-refractivity contribution in [3.05, 3.63) is 28.5 Å². The predicted molar refractivity (Wildman–Crippen MR) is 87.1 cm³/mol. The molecule has 120 valence electrons. The molecule has 2 heterocycles. The molecule has 0 saturated carbocycles. The molecule has 2 aromatic rings. The molecule has 0 spiro atoms. The number of carbonyl (C=O) groups excluding carboxylic acids is 1. The number of aliphatic hydroxyl groups is 1.